The van der Waals surface area contributed by atoms with Crippen LogP contribution in [0.15, 0.2) is 0 Å². The van der Waals surface area contributed by atoms with Crippen LogP contribution in [-0.2, 0) is 0 Å². The Morgan fingerprint density at radius 1 is 1.00 bits per heavy atom. The first-order valence-corrected chi connectivity index (χ1v) is 6.01. The fraction of sp³-hybridized carbons (Fsp3) is 1.00. The van der Waals surface area contributed by atoms with E-state index in [1.165, 1.54) is 26.2 Å². The zero-order valence-electron chi connectivity index (χ0n) is 9.75. The van der Waals surface area contributed by atoms with Gasteiger partial charge in [0.05, 0.1) is 6.54 Å². The molecule has 6 N–H and O–H groups in total. The molecule has 5 heteroatoms. The van der Waals surface area contributed by atoms with Crippen LogP contribution >= 0.6 is 0 Å². The molecule has 1 rings (SSSR count). The zero-order valence-corrected chi connectivity index (χ0v) is 9.75. The van der Waals surface area contributed by atoms with Crippen molar-refractivity contribution < 1.29 is 5.73 Å². The summed E-state index contributed by atoms with van der Waals surface area (Å²) in [7, 11) is 0. The van der Waals surface area contributed by atoms with Crippen molar-refractivity contribution in [1.29, 1.82) is 0 Å². The van der Waals surface area contributed by atoms with E-state index in [1.54, 1.807) is 0 Å². The highest BCUT2D eigenvalue weighted by Gasteiger charge is 2.15. The summed E-state index contributed by atoms with van der Waals surface area (Å²) in [5.41, 5.74) is 9.30. The van der Waals surface area contributed by atoms with Crippen molar-refractivity contribution in [3.63, 3.8) is 0 Å². The van der Waals surface area contributed by atoms with Gasteiger partial charge in [0, 0.05) is 58.9 Å². The van der Waals surface area contributed by atoms with Crippen LogP contribution in [0.5, 0.6) is 0 Å². The molecule has 0 amide bonds. The molecule has 1 fully saturated rings. The molecule has 0 bridgehead atoms. The second kappa shape index (κ2) is 8.01. The zero-order chi connectivity index (χ0) is 10.9. The summed E-state index contributed by atoms with van der Waals surface area (Å²) in [4.78, 5) is 5.01. The molecule has 15 heavy (non-hydrogen) atoms. The molecule has 0 aromatic heterocycles. The molecule has 1 aliphatic rings. The van der Waals surface area contributed by atoms with E-state index in [2.05, 4.69) is 20.9 Å². The van der Waals surface area contributed by atoms with Crippen molar-refractivity contribution in [3.05, 3.63) is 0 Å². The summed E-state index contributed by atoms with van der Waals surface area (Å²) in [5.74, 6) is 0. The molecule has 0 aromatic carbocycles. The number of hydrogen-bond donors (Lipinski definition) is 3. The van der Waals surface area contributed by atoms with Crippen LogP contribution < -0.4 is 16.8 Å². The minimum absolute atomic E-state index is 0.733. The van der Waals surface area contributed by atoms with Gasteiger partial charge in [0.25, 0.3) is 0 Å². The van der Waals surface area contributed by atoms with E-state index in [1.807, 2.05) is 0 Å². The van der Waals surface area contributed by atoms with Gasteiger partial charge in [0.1, 0.15) is 0 Å². The van der Waals surface area contributed by atoms with Crippen LogP contribution in [0.25, 0.3) is 0 Å². The molecular formula is C10H26N5+. The first-order valence-electron chi connectivity index (χ1n) is 6.01. The lowest BCUT2D eigenvalue weighted by Crippen LogP contribution is -2.57. The van der Waals surface area contributed by atoms with Crippen LogP contribution in [0.3, 0.4) is 0 Å². The highest BCUT2D eigenvalue weighted by Crippen LogP contribution is 1.99. The predicted octanol–water partition coefficient (Wildman–Crippen LogP) is -2.61. The number of quaternary nitrogens is 1. The average Bonchev–Trinajstić information content (AvgIpc) is 2.27. The van der Waals surface area contributed by atoms with E-state index in [9.17, 15) is 0 Å². The van der Waals surface area contributed by atoms with Crippen molar-refractivity contribution in [2.45, 2.75) is 0 Å². The van der Waals surface area contributed by atoms with Gasteiger partial charge in [0.15, 0.2) is 0 Å². The maximum absolute atomic E-state index is 5.41. The smallest absolute Gasteiger partial charge is 0.0869 e. The molecule has 0 unspecified atom stereocenters. The van der Waals surface area contributed by atoms with Gasteiger partial charge in [-0.05, 0) is 0 Å². The lowest BCUT2D eigenvalue weighted by molar-refractivity contribution is -0.369. The molecule has 0 spiro atoms. The van der Waals surface area contributed by atoms with Crippen LogP contribution in [0, 0.1) is 0 Å². The van der Waals surface area contributed by atoms with Gasteiger partial charge in [-0.3, -0.25) is 9.80 Å². The Morgan fingerprint density at radius 2 is 1.60 bits per heavy atom. The minimum atomic E-state index is 0.733. The van der Waals surface area contributed by atoms with Crippen molar-refractivity contribution >= 4 is 0 Å². The quantitative estimate of drug-likeness (QED) is 0.408. The standard InChI is InChI=1S/C10H25N5/c11-1-3-13-4-6-15-9-7-14(5-2-12)8-10-15/h13H,1-12H2/p+1. The van der Waals surface area contributed by atoms with Crippen molar-refractivity contribution in [2.75, 3.05) is 65.4 Å². The fourth-order valence-corrected chi connectivity index (χ4v) is 1.92. The normalized spacial score (nSPS) is 19.6. The highest BCUT2D eigenvalue weighted by atomic mass is 15.3. The third-order valence-corrected chi connectivity index (χ3v) is 2.87. The highest BCUT2D eigenvalue weighted by molar-refractivity contribution is 4.71. The van der Waals surface area contributed by atoms with Crippen molar-refractivity contribution in [1.82, 2.24) is 15.1 Å². The second-order valence-corrected chi connectivity index (χ2v) is 4.08. The van der Waals surface area contributed by atoms with Gasteiger partial charge >= 0.3 is 0 Å². The first kappa shape index (κ1) is 12.9. The largest absolute Gasteiger partial charge is 0.357 e. The summed E-state index contributed by atoms with van der Waals surface area (Å²) in [5, 5.41) is 3.33. The number of nitrogens with two attached hydrogens (primary N) is 1. The molecule has 1 heterocycles. The van der Waals surface area contributed by atoms with Gasteiger partial charge in [-0.2, -0.15) is 0 Å². The Morgan fingerprint density at radius 3 is 2.13 bits per heavy atom. The molecule has 5 nitrogen and oxygen atoms in total. The number of piperazine rings is 1. The third-order valence-electron chi connectivity index (χ3n) is 2.87. The minimum Gasteiger partial charge on any atom is -0.357 e. The van der Waals surface area contributed by atoms with Crippen LogP contribution in [-0.4, -0.2) is 75.2 Å². The summed E-state index contributed by atoms with van der Waals surface area (Å²) in [6.45, 7) is 10.9. The van der Waals surface area contributed by atoms with E-state index >= 15 is 0 Å². The maximum Gasteiger partial charge on any atom is 0.0869 e. The van der Waals surface area contributed by atoms with Gasteiger partial charge in [-0.25, -0.2) is 0 Å². The number of nitrogens with one attached hydrogen (secondary N) is 1. The molecule has 90 valence electrons. The van der Waals surface area contributed by atoms with E-state index in [0.717, 1.165) is 39.3 Å². The van der Waals surface area contributed by atoms with Gasteiger partial charge in [-0.15, -0.1) is 0 Å². The average molecular weight is 216 g/mol. The Kier molecular flexibility index (Phi) is 6.87. The maximum atomic E-state index is 5.41. The summed E-state index contributed by atoms with van der Waals surface area (Å²) in [6, 6.07) is 0. The summed E-state index contributed by atoms with van der Waals surface area (Å²) < 4.78 is 0. The summed E-state index contributed by atoms with van der Waals surface area (Å²) >= 11 is 0. The lowest BCUT2D eigenvalue weighted by Gasteiger charge is -2.34. The topological polar surface area (TPSA) is 72.2 Å². The van der Waals surface area contributed by atoms with Crippen LogP contribution in [0.4, 0.5) is 0 Å². The molecule has 0 radical (unpaired) electrons. The number of hydrogen-bond acceptors (Lipinski definition) is 4. The Hall–Kier alpha value is -0.200. The van der Waals surface area contributed by atoms with E-state index < -0.39 is 0 Å². The lowest BCUT2D eigenvalue weighted by atomic mass is 10.3. The van der Waals surface area contributed by atoms with Crippen molar-refractivity contribution in [2.24, 2.45) is 5.73 Å². The summed E-state index contributed by atoms with van der Waals surface area (Å²) in [6.07, 6.45) is 0. The molecule has 0 saturated carbocycles. The van der Waals surface area contributed by atoms with Crippen LogP contribution in [0.1, 0.15) is 0 Å². The molecule has 0 atom stereocenters. The monoisotopic (exact) mass is 216 g/mol. The Balaban J connectivity index is 1.99. The second-order valence-electron chi connectivity index (χ2n) is 4.08. The SMILES string of the molecule is NCCNCCN1CCN(CC[NH3+])CC1. The van der Waals surface area contributed by atoms with Gasteiger partial charge in [-0.1, -0.05) is 0 Å². The van der Waals surface area contributed by atoms with E-state index in [4.69, 9.17) is 5.73 Å². The predicted molar refractivity (Wildman–Crippen MR) is 62.6 cm³/mol. The number of rotatable bonds is 7. The molecule has 1 saturated heterocycles. The van der Waals surface area contributed by atoms with Crippen molar-refractivity contribution in [3.8, 4) is 0 Å². The molecular weight excluding hydrogens is 190 g/mol. The van der Waals surface area contributed by atoms with Crippen LogP contribution in [0.2, 0.25) is 0 Å². The van der Waals surface area contributed by atoms with Gasteiger partial charge < -0.3 is 16.8 Å². The Labute approximate surface area is 92.8 Å². The third kappa shape index (κ3) is 5.44. The van der Waals surface area contributed by atoms with E-state index in [-0.39, 0.29) is 0 Å². The first-order chi connectivity index (χ1) is 7.36. The Bertz CT molecular complexity index is 142. The number of nitrogens with zero attached hydrogens (tertiary/aromatic N) is 2. The van der Waals surface area contributed by atoms with E-state index in [0.29, 0.717) is 0 Å². The molecule has 0 aliphatic carbocycles. The van der Waals surface area contributed by atoms with Gasteiger partial charge in [0.2, 0.25) is 0 Å². The fourth-order valence-electron chi connectivity index (χ4n) is 1.92. The molecule has 0 aromatic rings. The molecule has 1 aliphatic heterocycles.